The molecule has 0 bridgehead atoms. The van der Waals surface area contributed by atoms with Crippen LogP contribution in [0.5, 0.6) is 0 Å². The maximum Gasteiger partial charge on any atom is 0 e. The second-order valence-corrected chi connectivity index (χ2v) is 0. The largest absolute Gasteiger partial charge is 0 e. The fourth-order valence-electron chi connectivity index (χ4n) is 0. The topological polar surface area (TPSA) is 0 Å². The van der Waals surface area contributed by atoms with Crippen LogP contribution in [0.4, 0.5) is 0 Å². The van der Waals surface area contributed by atoms with Gasteiger partial charge in [0.05, 0.1) is 0 Å². The summed E-state index contributed by atoms with van der Waals surface area (Å²) in [7, 11) is 0. The van der Waals surface area contributed by atoms with Gasteiger partial charge >= 0.3 is 37.7 Å². The summed E-state index contributed by atoms with van der Waals surface area (Å²) in [6.45, 7) is 0. The molecule has 0 unspecified atom stereocenters. The van der Waals surface area contributed by atoms with Crippen LogP contribution in [0.3, 0.4) is 0 Å². The Morgan fingerprint density at radius 2 is 1.00 bits per heavy atom. The van der Waals surface area contributed by atoms with E-state index in [0.717, 1.165) is 0 Å². The van der Waals surface area contributed by atoms with E-state index in [-0.39, 0.29) is 137 Å². The van der Waals surface area contributed by atoms with Gasteiger partial charge < -0.3 is 0 Å². The van der Waals surface area contributed by atoms with Crippen molar-refractivity contribution in [3.63, 3.8) is 0 Å². The van der Waals surface area contributed by atoms with E-state index in [1.54, 1.807) is 0 Å². The van der Waals surface area contributed by atoms with E-state index in [1.807, 2.05) is 0 Å². The predicted molar refractivity (Wildman–Crippen MR) is 8.54 cm³/mol. The van der Waals surface area contributed by atoms with Gasteiger partial charge in [-0.3, -0.25) is 0 Å². The van der Waals surface area contributed by atoms with Crippen LogP contribution in [0.1, 0.15) is 0 Å². The first-order valence-electron chi connectivity index (χ1n) is 0. The van der Waals surface area contributed by atoms with E-state index in [9.17, 15) is 0 Å². The van der Waals surface area contributed by atoms with E-state index >= 15 is 0 Å². The third-order valence-electron chi connectivity index (χ3n) is 0. The van der Waals surface area contributed by atoms with Crippen molar-refractivity contribution in [2.75, 3.05) is 0 Å². The minimum atomic E-state index is 0. The molecule has 0 spiro atoms. The Labute approximate surface area is 132 Å². The van der Waals surface area contributed by atoms with Crippen molar-refractivity contribution in [1.29, 1.82) is 0 Å². The van der Waals surface area contributed by atoms with Crippen molar-refractivity contribution in [2.45, 2.75) is 0 Å². The first kappa shape index (κ1) is 23.6. The summed E-state index contributed by atoms with van der Waals surface area (Å²) in [4.78, 5) is 0. The van der Waals surface area contributed by atoms with Gasteiger partial charge in [-0.15, -0.1) is 0 Å². The van der Waals surface area contributed by atoms with Crippen molar-refractivity contribution in [3.05, 3.63) is 0 Å². The Morgan fingerprint density at radius 3 is 1.00 bits per heavy atom. The molecule has 0 aromatic carbocycles. The molecule has 4 heteroatoms. The molecule has 0 heterocycles. The van der Waals surface area contributed by atoms with Gasteiger partial charge in [-0.25, -0.2) is 0 Å². The Kier molecular flexibility index (Phi) is 92.5. The van der Waals surface area contributed by atoms with Gasteiger partial charge in [-0.2, -0.15) is 0 Å². The molecule has 1 radical (unpaired) electrons. The van der Waals surface area contributed by atoms with Crippen LogP contribution in [0.15, 0.2) is 0 Å². The van der Waals surface area contributed by atoms with Crippen molar-refractivity contribution in [2.24, 2.45) is 0 Å². The number of rotatable bonds is 0. The Morgan fingerprint density at radius 1 is 1.00 bits per heavy atom. The Hall–Kier alpha value is 4.48. The van der Waals surface area contributed by atoms with Crippen LogP contribution in [-0.2, 0) is 16.8 Å². The zero-order valence-corrected chi connectivity index (χ0v) is 8.04. The Bertz CT molecular complexity index is 8.00. The van der Waals surface area contributed by atoms with Crippen LogP contribution < -0.4 is 0 Å². The third kappa shape index (κ3) is 9.70. The summed E-state index contributed by atoms with van der Waals surface area (Å²) >= 11 is 0. The van der Waals surface area contributed by atoms with Crippen molar-refractivity contribution < 1.29 is 98.9 Å². The maximum absolute atomic E-state index is 0. The van der Waals surface area contributed by atoms with E-state index in [1.165, 1.54) is 0 Å². The average Bonchev–Trinajstić information content (AvgIpc) is 0. The molecule has 0 amide bonds. The molecule has 0 aromatic rings. The summed E-state index contributed by atoms with van der Waals surface area (Å²) in [6.07, 6.45) is 0. The van der Waals surface area contributed by atoms with E-state index in [0.29, 0.717) is 0 Å². The van der Waals surface area contributed by atoms with Crippen LogP contribution >= 0.6 is 0 Å². The van der Waals surface area contributed by atoms with Crippen molar-refractivity contribution in [3.8, 4) is 0 Å². The van der Waals surface area contributed by atoms with E-state index in [2.05, 4.69) is 0 Å². The molecule has 4 heavy (non-hydrogen) atoms. The van der Waals surface area contributed by atoms with Gasteiger partial charge in [0.15, 0.2) is 0 Å². The first-order valence-corrected chi connectivity index (χ1v) is 0. The van der Waals surface area contributed by atoms with E-state index in [4.69, 9.17) is 0 Å². The van der Waals surface area contributed by atoms with Gasteiger partial charge in [0.2, 0.25) is 0 Å². The molecule has 0 fully saturated rings. The molecule has 0 atom stereocenters. The molecular formula is H2CaCeCoSm. The molecule has 0 aliphatic rings. The maximum atomic E-state index is 0. The van der Waals surface area contributed by atoms with E-state index < -0.39 is 0 Å². The van der Waals surface area contributed by atoms with Crippen molar-refractivity contribution >= 4 is 37.7 Å². The van der Waals surface area contributed by atoms with Crippen LogP contribution in [0.25, 0.3) is 0 Å². The molecule has 0 saturated heterocycles. The fraction of sp³-hybridized carbons (Fsp3) is 0. The molecular weight excluding hydrogens is 389 g/mol. The summed E-state index contributed by atoms with van der Waals surface area (Å²) in [5, 5.41) is 0. The molecule has 0 N–H and O–H groups in total. The quantitative estimate of drug-likeness (QED) is 0.469. The molecule has 0 aliphatic carbocycles. The first-order chi connectivity index (χ1) is 0. The third-order valence-corrected chi connectivity index (χ3v) is 0. The zero-order valence-electron chi connectivity index (χ0n) is 1.24. The summed E-state index contributed by atoms with van der Waals surface area (Å²) in [6, 6.07) is 0. The van der Waals surface area contributed by atoms with Crippen LogP contribution in [-0.4, -0.2) is 37.7 Å². The second kappa shape index (κ2) is 15.6. The molecule has 0 aromatic heterocycles. The van der Waals surface area contributed by atoms with Gasteiger partial charge in [-0.05, 0) is 0 Å². The number of hydrogen-bond acceptors (Lipinski definition) is 0. The normalized spacial score (nSPS) is 0. The average molecular weight is 392 g/mol. The standard InChI is InChI=1S/Ca.Ce.Co.Sm.2H. The summed E-state index contributed by atoms with van der Waals surface area (Å²) < 4.78 is 0. The van der Waals surface area contributed by atoms with Gasteiger partial charge in [0.25, 0.3) is 0 Å². The minimum absolute atomic E-state index is 0. The molecule has 0 aliphatic heterocycles. The van der Waals surface area contributed by atoms with Gasteiger partial charge in [0.1, 0.15) is 0 Å². The Balaban J connectivity index is 0. The SMILES string of the molecule is [CaH2].[Ce].[Co].[Sm]. The summed E-state index contributed by atoms with van der Waals surface area (Å²) in [5.74, 6) is 0. The number of hydrogen-bond donors (Lipinski definition) is 0. The minimum Gasteiger partial charge on any atom is 0 e. The second-order valence-electron chi connectivity index (χ2n) is 0. The molecule has 23 valence electrons. The smallest absolute Gasteiger partial charge is 0 e. The fourth-order valence-corrected chi connectivity index (χ4v) is 0. The molecule has 0 saturated carbocycles. The molecule has 0 rings (SSSR count). The molecule has 0 nitrogen and oxygen atoms in total. The summed E-state index contributed by atoms with van der Waals surface area (Å²) in [5.41, 5.74) is 0. The van der Waals surface area contributed by atoms with Gasteiger partial charge in [0, 0.05) is 98.9 Å². The van der Waals surface area contributed by atoms with Crippen LogP contribution in [0.2, 0.25) is 0 Å². The van der Waals surface area contributed by atoms with Crippen LogP contribution in [0, 0.1) is 82.1 Å². The van der Waals surface area contributed by atoms with Crippen molar-refractivity contribution in [1.82, 2.24) is 0 Å². The monoisotopic (exact) mass is 393 g/mol. The predicted octanol–water partition coefficient (Wildman–Crippen LogP) is -0.919. The van der Waals surface area contributed by atoms with Gasteiger partial charge in [-0.1, -0.05) is 0 Å². The zero-order chi connectivity index (χ0) is 0.